The third-order valence-corrected chi connectivity index (χ3v) is 4.29. The van der Waals surface area contributed by atoms with E-state index in [2.05, 4.69) is 10.6 Å². The number of rotatable bonds is 5. The van der Waals surface area contributed by atoms with Gasteiger partial charge in [-0.1, -0.05) is 24.4 Å². The SMILES string of the molecule is CC(=O)NC(C(=O)Nc1ccc(C(=O)O)c(Cl)c1)C1CCCC1. The van der Waals surface area contributed by atoms with Gasteiger partial charge >= 0.3 is 5.97 Å². The normalized spacial score (nSPS) is 15.9. The van der Waals surface area contributed by atoms with Crippen molar-refractivity contribution in [1.29, 1.82) is 0 Å². The number of carboxylic acids is 1. The van der Waals surface area contributed by atoms with E-state index in [0.29, 0.717) is 5.69 Å². The maximum Gasteiger partial charge on any atom is 0.337 e. The number of carboxylic acid groups (broad SMARTS) is 1. The summed E-state index contributed by atoms with van der Waals surface area (Å²) < 4.78 is 0. The predicted molar refractivity (Wildman–Crippen MR) is 86.6 cm³/mol. The molecule has 1 fully saturated rings. The van der Waals surface area contributed by atoms with Crippen molar-refractivity contribution in [2.45, 2.75) is 38.6 Å². The molecule has 0 aromatic heterocycles. The van der Waals surface area contributed by atoms with Gasteiger partial charge in [0.1, 0.15) is 6.04 Å². The Morgan fingerprint density at radius 1 is 1.26 bits per heavy atom. The summed E-state index contributed by atoms with van der Waals surface area (Å²) in [5.41, 5.74) is 0.372. The molecule has 1 unspecified atom stereocenters. The van der Waals surface area contributed by atoms with Gasteiger partial charge in [-0.3, -0.25) is 9.59 Å². The van der Waals surface area contributed by atoms with Gasteiger partial charge in [-0.2, -0.15) is 0 Å². The molecule has 1 aliphatic carbocycles. The van der Waals surface area contributed by atoms with Crippen molar-refractivity contribution in [1.82, 2.24) is 5.32 Å². The molecule has 7 heteroatoms. The average molecular weight is 339 g/mol. The number of anilines is 1. The zero-order chi connectivity index (χ0) is 17.0. The Hall–Kier alpha value is -2.08. The van der Waals surface area contributed by atoms with Gasteiger partial charge < -0.3 is 15.7 Å². The molecule has 1 aromatic rings. The summed E-state index contributed by atoms with van der Waals surface area (Å²) in [5, 5.41) is 14.4. The van der Waals surface area contributed by atoms with Crippen LogP contribution in [0.1, 0.15) is 43.0 Å². The molecule has 6 nitrogen and oxygen atoms in total. The largest absolute Gasteiger partial charge is 0.478 e. The predicted octanol–water partition coefficient (Wildman–Crippen LogP) is 2.67. The quantitative estimate of drug-likeness (QED) is 0.769. The fourth-order valence-corrected chi connectivity index (χ4v) is 3.15. The Labute approximate surface area is 139 Å². The van der Waals surface area contributed by atoms with Crippen molar-refractivity contribution in [3.63, 3.8) is 0 Å². The first-order chi connectivity index (χ1) is 10.9. The van der Waals surface area contributed by atoms with Crippen LogP contribution in [0.2, 0.25) is 5.02 Å². The zero-order valence-electron chi connectivity index (χ0n) is 12.8. The second-order valence-corrected chi connectivity index (χ2v) is 6.12. The molecule has 0 radical (unpaired) electrons. The molecule has 23 heavy (non-hydrogen) atoms. The van der Waals surface area contributed by atoms with Crippen LogP contribution < -0.4 is 10.6 Å². The van der Waals surface area contributed by atoms with Gasteiger partial charge in [0.15, 0.2) is 0 Å². The van der Waals surface area contributed by atoms with Gasteiger partial charge in [-0.15, -0.1) is 0 Å². The Morgan fingerprint density at radius 3 is 2.43 bits per heavy atom. The van der Waals surface area contributed by atoms with Crippen molar-refractivity contribution in [2.75, 3.05) is 5.32 Å². The Kier molecular flexibility index (Phi) is 5.60. The summed E-state index contributed by atoms with van der Waals surface area (Å²) in [7, 11) is 0. The summed E-state index contributed by atoms with van der Waals surface area (Å²) in [5.74, 6) is -1.58. The number of halogens is 1. The van der Waals surface area contributed by atoms with E-state index in [0.717, 1.165) is 25.7 Å². The van der Waals surface area contributed by atoms with Crippen LogP contribution in [0, 0.1) is 5.92 Å². The number of hydrogen-bond acceptors (Lipinski definition) is 3. The Bertz CT molecular complexity index is 627. The minimum Gasteiger partial charge on any atom is -0.478 e. The van der Waals surface area contributed by atoms with E-state index >= 15 is 0 Å². The molecule has 0 bridgehead atoms. The lowest BCUT2D eigenvalue weighted by Crippen LogP contribution is -2.47. The third-order valence-electron chi connectivity index (χ3n) is 3.98. The molecule has 3 N–H and O–H groups in total. The zero-order valence-corrected chi connectivity index (χ0v) is 13.5. The summed E-state index contributed by atoms with van der Waals surface area (Å²) >= 11 is 5.90. The minimum absolute atomic E-state index is 0.0288. The summed E-state index contributed by atoms with van der Waals surface area (Å²) in [6, 6.07) is 3.62. The second-order valence-electron chi connectivity index (χ2n) is 5.71. The number of nitrogens with one attached hydrogen (secondary N) is 2. The van der Waals surface area contributed by atoms with Gasteiger partial charge in [0.2, 0.25) is 11.8 Å². The third kappa shape index (κ3) is 4.45. The molecule has 0 aliphatic heterocycles. The summed E-state index contributed by atoms with van der Waals surface area (Å²) in [6.07, 6.45) is 3.90. The first-order valence-corrected chi connectivity index (χ1v) is 7.87. The Balaban J connectivity index is 2.12. The first-order valence-electron chi connectivity index (χ1n) is 7.49. The molecule has 2 rings (SSSR count). The molecule has 1 atom stereocenters. The maximum atomic E-state index is 12.5. The van der Waals surface area contributed by atoms with Crippen LogP contribution in [0.4, 0.5) is 5.69 Å². The smallest absolute Gasteiger partial charge is 0.337 e. The molecule has 124 valence electrons. The number of benzene rings is 1. The van der Waals surface area contributed by atoms with Gasteiger partial charge in [-0.05, 0) is 37.0 Å². The molecule has 0 saturated heterocycles. The van der Waals surface area contributed by atoms with E-state index in [4.69, 9.17) is 16.7 Å². The van der Waals surface area contributed by atoms with E-state index in [1.54, 1.807) is 0 Å². The van der Waals surface area contributed by atoms with E-state index in [1.165, 1.54) is 25.1 Å². The Morgan fingerprint density at radius 2 is 1.91 bits per heavy atom. The number of amides is 2. The fraction of sp³-hybridized carbons (Fsp3) is 0.438. The molecule has 2 amide bonds. The molecule has 1 aliphatic rings. The van der Waals surface area contributed by atoms with Gasteiger partial charge in [-0.25, -0.2) is 4.79 Å². The number of carbonyl (C=O) groups is 3. The van der Waals surface area contributed by atoms with Crippen LogP contribution in [0.5, 0.6) is 0 Å². The van der Waals surface area contributed by atoms with E-state index < -0.39 is 12.0 Å². The van der Waals surface area contributed by atoms with Crippen LogP contribution in [-0.2, 0) is 9.59 Å². The number of aromatic carboxylic acids is 1. The van der Waals surface area contributed by atoms with Crippen molar-refractivity contribution in [2.24, 2.45) is 5.92 Å². The topological polar surface area (TPSA) is 95.5 Å². The molecule has 0 heterocycles. The van der Waals surface area contributed by atoms with Crippen LogP contribution >= 0.6 is 11.6 Å². The molecule has 0 spiro atoms. The highest BCUT2D eigenvalue weighted by atomic mass is 35.5. The van der Waals surface area contributed by atoms with Crippen LogP contribution in [-0.4, -0.2) is 28.9 Å². The van der Waals surface area contributed by atoms with Crippen molar-refractivity contribution >= 4 is 35.1 Å². The standard InChI is InChI=1S/C16H19ClN2O4/c1-9(20)18-14(10-4-2-3-5-10)15(21)19-11-6-7-12(16(22)23)13(17)8-11/h6-8,10,14H,2-5H2,1H3,(H,18,20)(H,19,21)(H,22,23). The second kappa shape index (κ2) is 7.46. The molecule has 1 saturated carbocycles. The lowest BCUT2D eigenvalue weighted by atomic mass is 9.97. The number of hydrogen-bond donors (Lipinski definition) is 3. The summed E-state index contributed by atoms with van der Waals surface area (Å²) in [4.78, 5) is 34.8. The highest BCUT2D eigenvalue weighted by Gasteiger charge is 2.31. The highest BCUT2D eigenvalue weighted by Crippen LogP contribution is 2.29. The van der Waals surface area contributed by atoms with E-state index in [9.17, 15) is 14.4 Å². The van der Waals surface area contributed by atoms with Crippen molar-refractivity contribution in [3.05, 3.63) is 28.8 Å². The average Bonchev–Trinajstić information content (AvgIpc) is 2.98. The highest BCUT2D eigenvalue weighted by molar-refractivity contribution is 6.33. The van der Waals surface area contributed by atoms with Crippen molar-refractivity contribution in [3.8, 4) is 0 Å². The number of carbonyl (C=O) groups excluding carboxylic acids is 2. The molecule has 1 aromatic carbocycles. The lowest BCUT2D eigenvalue weighted by Gasteiger charge is -2.23. The summed E-state index contributed by atoms with van der Waals surface area (Å²) in [6.45, 7) is 1.38. The maximum absolute atomic E-state index is 12.5. The molecular formula is C16H19ClN2O4. The first kappa shape index (κ1) is 17.3. The molecular weight excluding hydrogens is 320 g/mol. The van der Waals surface area contributed by atoms with Crippen LogP contribution in [0.25, 0.3) is 0 Å². The van der Waals surface area contributed by atoms with Crippen molar-refractivity contribution < 1.29 is 19.5 Å². The van der Waals surface area contributed by atoms with Gasteiger partial charge in [0, 0.05) is 12.6 Å². The lowest BCUT2D eigenvalue weighted by molar-refractivity contribution is -0.126. The van der Waals surface area contributed by atoms with E-state index in [-0.39, 0.29) is 28.3 Å². The van der Waals surface area contributed by atoms with Gasteiger partial charge in [0.25, 0.3) is 0 Å². The fourth-order valence-electron chi connectivity index (χ4n) is 2.89. The van der Waals surface area contributed by atoms with Gasteiger partial charge in [0.05, 0.1) is 10.6 Å². The van der Waals surface area contributed by atoms with E-state index in [1.807, 2.05) is 0 Å². The van der Waals surface area contributed by atoms with Crippen LogP contribution in [0.15, 0.2) is 18.2 Å². The monoisotopic (exact) mass is 338 g/mol. The minimum atomic E-state index is -1.13. The van der Waals surface area contributed by atoms with Crippen LogP contribution in [0.3, 0.4) is 0 Å².